The molecule has 6 rings (SSSR count). The van der Waals surface area contributed by atoms with Crippen LogP contribution in [0.15, 0.2) is 72.8 Å². The van der Waals surface area contributed by atoms with Crippen molar-refractivity contribution in [3.8, 4) is 17.2 Å². The average molecular weight is 467 g/mol. The molecule has 0 spiro atoms. The molecule has 35 heavy (non-hydrogen) atoms. The fourth-order valence-corrected chi connectivity index (χ4v) is 5.62. The van der Waals surface area contributed by atoms with Crippen LogP contribution in [0.4, 0.5) is 9.18 Å². The summed E-state index contributed by atoms with van der Waals surface area (Å²) in [6.45, 7) is 0.931. The van der Waals surface area contributed by atoms with E-state index >= 15 is 0 Å². The monoisotopic (exact) mass is 466 g/mol. The first-order valence-electron chi connectivity index (χ1n) is 11.8. The van der Waals surface area contributed by atoms with Crippen molar-refractivity contribution in [1.29, 1.82) is 5.26 Å². The number of amides is 1. The second-order valence-electron chi connectivity index (χ2n) is 9.14. The van der Waals surface area contributed by atoms with Crippen LogP contribution in [0.1, 0.15) is 34.6 Å². The number of carbonyl (C=O) groups is 1. The van der Waals surface area contributed by atoms with Gasteiger partial charge >= 0.3 is 6.09 Å². The van der Waals surface area contributed by atoms with Gasteiger partial charge in [-0.15, -0.1) is 0 Å². The highest BCUT2D eigenvalue weighted by Gasteiger charge is 2.40. The molecule has 0 aromatic heterocycles. The molecule has 2 atom stereocenters. The Morgan fingerprint density at radius 2 is 1.69 bits per heavy atom. The summed E-state index contributed by atoms with van der Waals surface area (Å²) in [5.74, 6) is -0.531. The van der Waals surface area contributed by atoms with Crippen molar-refractivity contribution in [2.75, 3.05) is 19.8 Å². The summed E-state index contributed by atoms with van der Waals surface area (Å²) in [6.07, 6.45) is 1.93. The largest absolute Gasteiger partial charge is 0.448 e. The van der Waals surface area contributed by atoms with Crippen LogP contribution in [0.5, 0.6) is 0 Å². The molecule has 6 heteroatoms. The first-order chi connectivity index (χ1) is 17.2. The maximum absolute atomic E-state index is 14.8. The summed E-state index contributed by atoms with van der Waals surface area (Å²) in [5.41, 5.74) is 5.91. The molecule has 3 aliphatic rings. The summed E-state index contributed by atoms with van der Waals surface area (Å²) in [7, 11) is 0. The number of fused-ring (bicyclic) bond motifs is 5. The lowest BCUT2D eigenvalue weighted by Crippen LogP contribution is -2.56. The molecule has 0 N–H and O–H groups in total. The van der Waals surface area contributed by atoms with Crippen LogP contribution < -0.4 is 0 Å². The molecule has 2 bridgehead atoms. The Labute approximate surface area is 203 Å². The molecule has 3 aromatic rings. The van der Waals surface area contributed by atoms with Crippen molar-refractivity contribution >= 4 is 11.7 Å². The fraction of sp³-hybridized carbons (Fsp3) is 0.241. The summed E-state index contributed by atoms with van der Waals surface area (Å²) in [5, 5.41) is 9.19. The van der Waals surface area contributed by atoms with Gasteiger partial charge in [0.15, 0.2) is 0 Å². The zero-order valence-corrected chi connectivity index (χ0v) is 19.0. The molecule has 2 unspecified atom stereocenters. The second-order valence-corrected chi connectivity index (χ2v) is 9.14. The molecule has 1 aliphatic carbocycles. The van der Waals surface area contributed by atoms with Crippen LogP contribution in [0.3, 0.4) is 0 Å². The van der Waals surface area contributed by atoms with E-state index in [-0.39, 0.29) is 36.3 Å². The minimum Gasteiger partial charge on any atom is -0.448 e. The van der Waals surface area contributed by atoms with Gasteiger partial charge in [-0.25, -0.2) is 9.18 Å². The van der Waals surface area contributed by atoms with Gasteiger partial charge in [0.25, 0.3) is 0 Å². The smallest absolute Gasteiger partial charge is 0.410 e. The average Bonchev–Trinajstić information content (AvgIpc) is 3.20. The van der Waals surface area contributed by atoms with E-state index in [4.69, 9.17) is 9.47 Å². The zero-order valence-electron chi connectivity index (χ0n) is 19.0. The minimum absolute atomic E-state index is 0.0128. The van der Waals surface area contributed by atoms with Gasteiger partial charge in [0, 0.05) is 11.5 Å². The third-order valence-electron chi connectivity index (χ3n) is 7.21. The number of benzene rings is 3. The molecule has 1 saturated heterocycles. The number of hydrogen-bond donors (Lipinski definition) is 0. The van der Waals surface area contributed by atoms with Gasteiger partial charge in [-0.1, -0.05) is 66.7 Å². The van der Waals surface area contributed by atoms with Crippen LogP contribution in [-0.2, 0) is 9.47 Å². The standard InChI is InChI=1S/C29H23FN2O3/c30-28-18(14-31)6-5-11-22(28)19-12-20-15-34-16-21(13-19)32(20)29(33)35-17-27-25-9-3-1-7-23(25)24-8-2-4-10-26(24)27/h1-12,20-21,27H,13,15-17H2. The highest BCUT2D eigenvalue weighted by Crippen LogP contribution is 2.44. The molecule has 2 aliphatic heterocycles. The van der Waals surface area contributed by atoms with Crippen LogP contribution in [-0.4, -0.2) is 42.9 Å². The molecule has 5 nitrogen and oxygen atoms in total. The maximum Gasteiger partial charge on any atom is 0.410 e. The highest BCUT2D eigenvalue weighted by molar-refractivity contribution is 5.79. The third kappa shape index (κ3) is 3.60. The van der Waals surface area contributed by atoms with E-state index in [0.29, 0.717) is 25.2 Å². The first kappa shape index (κ1) is 21.6. The number of halogens is 1. The van der Waals surface area contributed by atoms with E-state index in [1.165, 1.54) is 28.3 Å². The van der Waals surface area contributed by atoms with Crippen molar-refractivity contribution in [2.24, 2.45) is 0 Å². The molecule has 1 amide bonds. The quantitative estimate of drug-likeness (QED) is 0.511. The predicted molar refractivity (Wildman–Crippen MR) is 129 cm³/mol. The van der Waals surface area contributed by atoms with Gasteiger partial charge in [0.05, 0.1) is 30.9 Å². The van der Waals surface area contributed by atoms with Gasteiger partial charge in [-0.2, -0.15) is 5.26 Å². The summed E-state index contributed by atoms with van der Waals surface area (Å²) in [6, 6.07) is 22.6. The number of ether oxygens (including phenoxy) is 2. The van der Waals surface area contributed by atoms with Crippen LogP contribution >= 0.6 is 0 Å². The Kier molecular flexibility index (Phi) is 5.35. The Bertz CT molecular complexity index is 1350. The third-order valence-corrected chi connectivity index (χ3v) is 7.21. The van der Waals surface area contributed by atoms with Crippen molar-refractivity contribution < 1.29 is 18.7 Å². The number of morpholine rings is 1. The van der Waals surface area contributed by atoms with E-state index < -0.39 is 5.82 Å². The second kappa shape index (κ2) is 8.68. The lowest BCUT2D eigenvalue weighted by Gasteiger charge is -2.44. The molecule has 1 fully saturated rings. The highest BCUT2D eigenvalue weighted by atomic mass is 19.1. The van der Waals surface area contributed by atoms with Gasteiger partial charge in [0.2, 0.25) is 0 Å². The number of nitrogens with zero attached hydrogens (tertiary/aromatic N) is 2. The van der Waals surface area contributed by atoms with E-state index in [2.05, 4.69) is 24.3 Å². The number of hydrogen-bond acceptors (Lipinski definition) is 4. The summed E-state index contributed by atoms with van der Waals surface area (Å²) < 4.78 is 26.4. The first-order valence-corrected chi connectivity index (χ1v) is 11.8. The fourth-order valence-electron chi connectivity index (χ4n) is 5.62. The molecule has 3 aromatic carbocycles. The number of nitriles is 1. The van der Waals surface area contributed by atoms with E-state index in [9.17, 15) is 14.4 Å². The Morgan fingerprint density at radius 3 is 2.37 bits per heavy atom. The molecular weight excluding hydrogens is 443 g/mol. The van der Waals surface area contributed by atoms with Crippen LogP contribution in [0.2, 0.25) is 0 Å². The van der Waals surface area contributed by atoms with Crippen LogP contribution in [0, 0.1) is 17.1 Å². The van der Waals surface area contributed by atoms with Crippen molar-refractivity contribution in [3.63, 3.8) is 0 Å². The lowest BCUT2D eigenvalue weighted by molar-refractivity contribution is -0.0331. The predicted octanol–water partition coefficient (Wildman–Crippen LogP) is 5.50. The number of carbonyl (C=O) groups excluding carboxylic acids is 1. The van der Waals surface area contributed by atoms with Crippen molar-refractivity contribution in [1.82, 2.24) is 4.90 Å². The summed E-state index contributed by atoms with van der Waals surface area (Å²) >= 11 is 0. The van der Waals surface area contributed by atoms with E-state index in [1.807, 2.05) is 36.4 Å². The van der Waals surface area contributed by atoms with E-state index in [1.54, 1.807) is 17.0 Å². The molecule has 0 saturated carbocycles. The zero-order chi connectivity index (χ0) is 23.9. The maximum atomic E-state index is 14.8. The SMILES string of the molecule is N#Cc1cccc(C2=CC3COCC(C2)N3C(=O)OCC2c3ccccc3-c3ccccc32)c1F. The topological polar surface area (TPSA) is 62.6 Å². The van der Waals surface area contributed by atoms with Gasteiger partial charge in [-0.3, -0.25) is 4.90 Å². The van der Waals surface area contributed by atoms with Crippen molar-refractivity contribution in [2.45, 2.75) is 24.4 Å². The Morgan fingerprint density at radius 1 is 1.00 bits per heavy atom. The Balaban J connectivity index is 1.23. The molecule has 174 valence electrons. The Hall–Kier alpha value is -3.95. The molecule has 2 heterocycles. The summed E-state index contributed by atoms with van der Waals surface area (Å²) in [4.78, 5) is 15.0. The molecular formula is C29H23FN2O3. The molecule has 0 radical (unpaired) electrons. The minimum atomic E-state index is -0.519. The van der Waals surface area contributed by atoms with Crippen LogP contribution in [0.25, 0.3) is 16.7 Å². The van der Waals surface area contributed by atoms with E-state index in [0.717, 1.165) is 5.57 Å². The lowest BCUT2D eigenvalue weighted by atomic mass is 9.89. The normalized spacial score (nSPS) is 20.5. The van der Waals surface area contributed by atoms with Gasteiger partial charge in [0.1, 0.15) is 18.5 Å². The number of rotatable bonds is 3. The van der Waals surface area contributed by atoms with Crippen molar-refractivity contribution in [3.05, 3.63) is 101 Å². The van der Waals surface area contributed by atoms with Gasteiger partial charge in [-0.05, 0) is 40.3 Å². The van der Waals surface area contributed by atoms with Gasteiger partial charge < -0.3 is 9.47 Å².